The zero-order valence-corrected chi connectivity index (χ0v) is 13.9. The van der Waals surface area contributed by atoms with E-state index in [1.165, 1.54) is 22.6 Å². The van der Waals surface area contributed by atoms with E-state index in [-0.39, 0.29) is 5.91 Å². The number of anilines is 1. The van der Waals surface area contributed by atoms with Gasteiger partial charge in [0.2, 0.25) is 0 Å². The summed E-state index contributed by atoms with van der Waals surface area (Å²) in [7, 11) is 1.57. The molecule has 2 aromatic rings. The average Bonchev–Trinajstić information content (AvgIpc) is 2.74. The number of ether oxygens (including phenoxy) is 1. The predicted octanol–water partition coefficient (Wildman–Crippen LogP) is 4.09. The van der Waals surface area contributed by atoms with Crippen LogP contribution in [0.5, 0.6) is 5.75 Å². The summed E-state index contributed by atoms with van der Waals surface area (Å²) in [6.07, 6.45) is 6.25. The molecule has 0 unspecified atom stereocenters. The maximum absolute atomic E-state index is 12.5. The Bertz CT molecular complexity index is 736. The van der Waals surface area contributed by atoms with Crippen LogP contribution in [0.4, 0.5) is 5.00 Å². The lowest BCUT2D eigenvalue weighted by atomic mass is 10.1. The Balaban J connectivity index is 1.87. The normalized spacial score (nSPS) is 13.8. The average molecular weight is 329 g/mol. The number of nitrogens with one attached hydrogen (secondary N) is 1. The molecule has 0 saturated heterocycles. The van der Waals surface area contributed by atoms with Crippen LogP contribution < -0.4 is 10.1 Å². The second-order valence-corrected chi connectivity index (χ2v) is 6.72. The first-order chi connectivity index (χ1) is 11.2. The molecule has 1 aromatic heterocycles. The fourth-order valence-corrected chi connectivity index (χ4v) is 4.18. The van der Waals surface area contributed by atoms with Gasteiger partial charge in [0.15, 0.2) is 6.29 Å². The summed E-state index contributed by atoms with van der Waals surface area (Å²) in [6, 6.07) is 6.99. The second kappa shape index (κ2) is 6.96. The zero-order chi connectivity index (χ0) is 16.2. The molecule has 0 fully saturated rings. The summed E-state index contributed by atoms with van der Waals surface area (Å²) in [4.78, 5) is 25.2. The van der Waals surface area contributed by atoms with Gasteiger partial charge in [0, 0.05) is 10.4 Å². The van der Waals surface area contributed by atoms with Gasteiger partial charge in [-0.25, -0.2) is 0 Å². The monoisotopic (exact) mass is 329 g/mol. The molecule has 0 atom stereocenters. The van der Waals surface area contributed by atoms with Gasteiger partial charge >= 0.3 is 0 Å². The minimum absolute atomic E-state index is 0.219. The number of rotatable bonds is 4. The Morgan fingerprint density at radius 1 is 1.26 bits per heavy atom. The van der Waals surface area contributed by atoms with Crippen molar-refractivity contribution in [1.29, 1.82) is 0 Å². The standard InChI is InChI=1S/C18H19NO3S/c1-22-13-7-5-6-12(10-13)17(21)19-18-15(11-20)14-8-3-2-4-9-16(14)23-18/h5-7,10-11H,2-4,8-9H2,1H3,(H,19,21). The minimum Gasteiger partial charge on any atom is -0.497 e. The zero-order valence-electron chi connectivity index (χ0n) is 13.1. The van der Waals surface area contributed by atoms with Crippen LogP contribution in [0.2, 0.25) is 0 Å². The van der Waals surface area contributed by atoms with E-state index in [4.69, 9.17) is 4.74 Å². The number of carbonyl (C=O) groups excluding carboxylic acids is 2. The summed E-state index contributed by atoms with van der Waals surface area (Å²) < 4.78 is 5.15. The molecule has 0 saturated carbocycles. The van der Waals surface area contributed by atoms with Crippen LogP contribution in [0.15, 0.2) is 24.3 Å². The Kier molecular flexibility index (Phi) is 4.76. The van der Waals surface area contributed by atoms with Crippen molar-refractivity contribution in [1.82, 2.24) is 0 Å². The number of hydrogen-bond acceptors (Lipinski definition) is 4. The Labute approximate surface area is 139 Å². The molecular formula is C18H19NO3S. The molecule has 120 valence electrons. The summed E-state index contributed by atoms with van der Waals surface area (Å²) >= 11 is 1.54. The van der Waals surface area contributed by atoms with Gasteiger partial charge in [-0.05, 0) is 49.4 Å². The first-order valence-corrected chi connectivity index (χ1v) is 8.59. The first-order valence-electron chi connectivity index (χ1n) is 7.78. The highest BCUT2D eigenvalue weighted by Crippen LogP contribution is 2.36. The quantitative estimate of drug-likeness (QED) is 0.679. The molecule has 5 heteroatoms. The van der Waals surface area contributed by atoms with Crippen LogP contribution in [-0.4, -0.2) is 19.3 Å². The molecule has 1 aromatic carbocycles. The van der Waals surface area contributed by atoms with Crippen molar-refractivity contribution in [3.63, 3.8) is 0 Å². The molecule has 4 nitrogen and oxygen atoms in total. The highest BCUT2D eigenvalue weighted by atomic mass is 32.1. The van der Waals surface area contributed by atoms with Crippen LogP contribution in [-0.2, 0) is 12.8 Å². The van der Waals surface area contributed by atoms with E-state index in [1.54, 1.807) is 31.4 Å². The van der Waals surface area contributed by atoms with E-state index in [1.807, 2.05) is 0 Å². The fraction of sp³-hybridized carbons (Fsp3) is 0.333. The fourth-order valence-electron chi connectivity index (χ4n) is 2.92. The minimum atomic E-state index is -0.219. The third-order valence-corrected chi connectivity index (χ3v) is 5.36. The third-order valence-electron chi connectivity index (χ3n) is 4.14. The maximum Gasteiger partial charge on any atom is 0.256 e. The van der Waals surface area contributed by atoms with E-state index in [0.29, 0.717) is 21.9 Å². The van der Waals surface area contributed by atoms with E-state index in [0.717, 1.165) is 37.5 Å². The van der Waals surface area contributed by atoms with Crippen molar-refractivity contribution in [2.45, 2.75) is 32.1 Å². The van der Waals surface area contributed by atoms with Gasteiger partial charge in [0.1, 0.15) is 10.8 Å². The molecule has 0 bridgehead atoms. The number of amides is 1. The number of hydrogen-bond donors (Lipinski definition) is 1. The highest BCUT2D eigenvalue weighted by molar-refractivity contribution is 7.16. The smallest absolute Gasteiger partial charge is 0.256 e. The maximum atomic E-state index is 12.5. The Morgan fingerprint density at radius 2 is 2.09 bits per heavy atom. The Hall–Kier alpha value is -2.14. The SMILES string of the molecule is COc1cccc(C(=O)Nc2sc3c(c2C=O)CCCCC3)c1. The molecule has 0 spiro atoms. The number of methoxy groups -OCH3 is 1. The molecule has 3 rings (SSSR count). The number of aryl methyl sites for hydroxylation is 1. The number of carbonyl (C=O) groups is 2. The summed E-state index contributed by atoms with van der Waals surface area (Å²) in [5.41, 5.74) is 2.30. The molecule has 0 aliphatic heterocycles. The van der Waals surface area contributed by atoms with Crippen LogP contribution in [0, 0.1) is 0 Å². The van der Waals surface area contributed by atoms with Gasteiger partial charge in [-0.1, -0.05) is 12.5 Å². The van der Waals surface area contributed by atoms with Crippen molar-refractivity contribution in [2.75, 3.05) is 12.4 Å². The van der Waals surface area contributed by atoms with Gasteiger partial charge < -0.3 is 10.1 Å². The highest BCUT2D eigenvalue weighted by Gasteiger charge is 2.21. The van der Waals surface area contributed by atoms with Gasteiger partial charge in [-0.15, -0.1) is 11.3 Å². The lowest BCUT2D eigenvalue weighted by Crippen LogP contribution is -2.12. The molecule has 1 aliphatic rings. The van der Waals surface area contributed by atoms with Crippen molar-refractivity contribution in [3.8, 4) is 5.75 Å². The number of aldehydes is 1. The van der Waals surface area contributed by atoms with Crippen LogP contribution in [0.3, 0.4) is 0 Å². The number of thiophene rings is 1. The van der Waals surface area contributed by atoms with Crippen molar-refractivity contribution >= 4 is 28.5 Å². The topological polar surface area (TPSA) is 55.4 Å². The van der Waals surface area contributed by atoms with Crippen molar-refractivity contribution in [3.05, 3.63) is 45.8 Å². The van der Waals surface area contributed by atoms with Gasteiger partial charge in [-0.2, -0.15) is 0 Å². The van der Waals surface area contributed by atoms with Gasteiger partial charge in [0.25, 0.3) is 5.91 Å². The first kappa shape index (κ1) is 15.7. The number of fused-ring (bicyclic) bond motifs is 1. The largest absolute Gasteiger partial charge is 0.497 e. The Morgan fingerprint density at radius 3 is 2.87 bits per heavy atom. The second-order valence-electron chi connectivity index (χ2n) is 5.61. The summed E-state index contributed by atoms with van der Waals surface area (Å²) in [6.45, 7) is 0. The van der Waals surface area contributed by atoms with Gasteiger partial charge in [0.05, 0.1) is 12.7 Å². The van der Waals surface area contributed by atoms with Crippen molar-refractivity contribution in [2.24, 2.45) is 0 Å². The molecule has 1 N–H and O–H groups in total. The molecule has 1 heterocycles. The van der Waals surface area contributed by atoms with E-state index < -0.39 is 0 Å². The number of benzene rings is 1. The van der Waals surface area contributed by atoms with Gasteiger partial charge in [-0.3, -0.25) is 9.59 Å². The molecule has 1 amide bonds. The molecule has 0 radical (unpaired) electrons. The molecule has 1 aliphatic carbocycles. The summed E-state index contributed by atoms with van der Waals surface area (Å²) in [5, 5.41) is 3.57. The third kappa shape index (κ3) is 3.29. The molecular weight excluding hydrogens is 310 g/mol. The van der Waals surface area contributed by atoms with Crippen LogP contribution >= 0.6 is 11.3 Å². The lowest BCUT2D eigenvalue weighted by molar-refractivity contribution is 0.102. The van der Waals surface area contributed by atoms with Crippen LogP contribution in [0.1, 0.15) is 50.4 Å². The lowest BCUT2D eigenvalue weighted by Gasteiger charge is -2.06. The van der Waals surface area contributed by atoms with Crippen molar-refractivity contribution < 1.29 is 14.3 Å². The summed E-state index contributed by atoms with van der Waals surface area (Å²) in [5.74, 6) is 0.415. The van der Waals surface area contributed by atoms with E-state index >= 15 is 0 Å². The molecule has 23 heavy (non-hydrogen) atoms. The van der Waals surface area contributed by atoms with Crippen LogP contribution in [0.25, 0.3) is 0 Å². The van der Waals surface area contributed by atoms with E-state index in [9.17, 15) is 9.59 Å². The van der Waals surface area contributed by atoms with E-state index in [2.05, 4.69) is 5.32 Å². The predicted molar refractivity (Wildman–Crippen MR) is 91.9 cm³/mol.